The van der Waals surface area contributed by atoms with E-state index < -0.39 is 6.10 Å². The number of carbonyl (C=O) groups excluding carboxylic acids is 3. The quantitative estimate of drug-likeness (QED) is 0.0261. The summed E-state index contributed by atoms with van der Waals surface area (Å²) < 4.78 is 16.9. The van der Waals surface area contributed by atoms with Crippen molar-refractivity contribution in [3.8, 4) is 0 Å². The van der Waals surface area contributed by atoms with Gasteiger partial charge in [0.2, 0.25) is 0 Å². The van der Waals surface area contributed by atoms with Gasteiger partial charge in [-0.1, -0.05) is 291 Å². The molecule has 0 aliphatic carbocycles. The lowest BCUT2D eigenvalue weighted by Gasteiger charge is -2.18. The Hall–Kier alpha value is -3.67. The molecular formula is C73H126O6. The van der Waals surface area contributed by atoms with Gasteiger partial charge in [0.1, 0.15) is 13.2 Å². The molecule has 0 amide bonds. The first-order valence-corrected chi connectivity index (χ1v) is 33.7. The zero-order valence-electron chi connectivity index (χ0n) is 52.1. The number of hydrogen-bond donors (Lipinski definition) is 0. The maximum atomic E-state index is 12.9. The molecule has 79 heavy (non-hydrogen) atoms. The lowest BCUT2D eigenvalue weighted by molar-refractivity contribution is -0.167. The van der Waals surface area contributed by atoms with E-state index in [2.05, 4.69) is 118 Å². The number of unbranched alkanes of at least 4 members (excludes halogenated alkanes) is 34. The van der Waals surface area contributed by atoms with Crippen molar-refractivity contribution in [1.82, 2.24) is 0 Å². The topological polar surface area (TPSA) is 78.9 Å². The molecule has 0 aliphatic heterocycles. The number of carbonyl (C=O) groups is 3. The van der Waals surface area contributed by atoms with Crippen LogP contribution in [0.5, 0.6) is 0 Å². The van der Waals surface area contributed by atoms with Crippen molar-refractivity contribution < 1.29 is 28.6 Å². The second-order valence-electron chi connectivity index (χ2n) is 22.3. The first-order valence-electron chi connectivity index (χ1n) is 33.7. The van der Waals surface area contributed by atoms with E-state index in [9.17, 15) is 14.4 Å². The van der Waals surface area contributed by atoms with Crippen molar-refractivity contribution in [3.63, 3.8) is 0 Å². The first kappa shape index (κ1) is 75.3. The van der Waals surface area contributed by atoms with Crippen LogP contribution in [0.3, 0.4) is 0 Å². The summed E-state index contributed by atoms with van der Waals surface area (Å²) in [7, 11) is 0. The van der Waals surface area contributed by atoms with Gasteiger partial charge in [0.15, 0.2) is 6.10 Å². The molecule has 0 aliphatic rings. The van der Waals surface area contributed by atoms with E-state index in [1.54, 1.807) is 0 Å². The minimum Gasteiger partial charge on any atom is -0.462 e. The van der Waals surface area contributed by atoms with Gasteiger partial charge in [-0.25, -0.2) is 0 Å². The molecule has 0 aromatic carbocycles. The van der Waals surface area contributed by atoms with E-state index >= 15 is 0 Å². The fraction of sp³-hybridized carbons (Fsp3) is 0.740. The molecule has 0 spiro atoms. The van der Waals surface area contributed by atoms with Crippen LogP contribution in [0.4, 0.5) is 0 Å². The minimum absolute atomic E-state index is 0.0810. The van der Waals surface area contributed by atoms with E-state index in [0.717, 1.165) is 103 Å². The summed E-state index contributed by atoms with van der Waals surface area (Å²) in [4.78, 5) is 38.3. The number of rotatable bonds is 61. The molecular weight excluding hydrogens is 973 g/mol. The van der Waals surface area contributed by atoms with Crippen molar-refractivity contribution in [2.45, 2.75) is 335 Å². The van der Waals surface area contributed by atoms with Crippen LogP contribution in [0.25, 0.3) is 0 Å². The summed E-state index contributed by atoms with van der Waals surface area (Å²) >= 11 is 0. The van der Waals surface area contributed by atoms with Gasteiger partial charge in [0.05, 0.1) is 0 Å². The van der Waals surface area contributed by atoms with Gasteiger partial charge >= 0.3 is 17.9 Å². The van der Waals surface area contributed by atoms with Crippen molar-refractivity contribution in [1.29, 1.82) is 0 Å². The number of ether oxygens (including phenoxy) is 3. The molecule has 0 saturated carbocycles. The highest BCUT2D eigenvalue weighted by Crippen LogP contribution is 2.17. The Bertz CT molecular complexity index is 1540. The summed E-state index contributed by atoms with van der Waals surface area (Å²) in [6.07, 6.45) is 90.0. The molecule has 0 aromatic rings. The largest absolute Gasteiger partial charge is 0.462 e. The van der Waals surface area contributed by atoms with E-state index in [1.807, 2.05) is 0 Å². The van der Waals surface area contributed by atoms with Crippen molar-refractivity contribution in [2.75, 3.05) is 13.2 Å². The van der Waals surface area contributed by atoms with Crippen LogP contribution in [-0.4, -0.2) is 37.2 Å². The van der Waals surface area contributed by atoms with E-state index in [0.29, 0.717) is 19.3 Å². The summed E-state index contributed by atoms with van der Waals surface area (Å²) in [6.45, 7) is 6.50. The Balaban J connectivity index is 4.25. The summed E-state index contributed by atoms with van der Waals surface area (Å²) in [5, 5.41) is 0. The third-order valence-electron chi connectivity index (χ3n) is 14.5. The fourth-order valence-electron chi connectivity index (χ4n) is 9.48. The van der Waals surface area contributed by atoms with Crippen LogP contribution in [0.1, 0.15) is 329 Å². The molecule has 0 heterocycles. The van der Waals surface area contributed by atoms with E-state index in [4.69, 9.17) is 14.2 Å². The molecule has 0 bridgehead atoms. The molecule has 1 unspecified atom stereocenters. The van der Waals surface area contributed by atoms with Gasteiger partial charge in [-0.05, 0) is 116 Å². The highest BCUT2D eigenvalue weighted by Gasteiger charge is 2.19. The van der Waals surface area contributed by atoms with Gasteiger partial charge in [0, 0.05) is 19.3 Å². The zero-order valence-corrected chi connectivity index (χ0v) is 52.1. The van der Waals surface area contributed by atoms with Crippen LogP contribution in [0.2, 0.25) is 0 Å². The standard InChI is InChI=1S/C73H126O6/c1-4-7-10-13-16-19-22-24-26-28-30-32-34-35-36-37-39-40-42-44-46-48-51-54-57-60-63-66-72(75)78-69-70(68-77-71(74)65-62-59-56-53-50-21-18-15-12-9-6-3)79-73(76)67-64-61-58-55-52-49-47-45-43-41-38-33-31-29-27-25-23-20-17-14-11-8-5-2/h7,10,15-16,18-19,23-26,29-32,35-36,70H,4-6,8-9,11-14,17,20-22,27-28,33-34,37-69H2,1-3H3/b10-7-,18-15-,19-16-,25-23-,26-24-,31-29-,32-30-,36-35-. The van der Waals surface area contributed by atoms with Gasteiger partial charge in [0.25, 0.3) is 0 Å². The molecule has 0 rings (SSSR count). The molecule has 6 heteroatoms. The third-order valence-corrected chi connectivity index (χ3v) is 14.5. The van der Waals surface area contributed by atoms with Crippen LogP contribution in [-0.2, 0) is 28.6 Å². The lowest BCUT2D eigenvalue weighted by Crippen LogP contribution is -2.30. The second-order valence-corrected chi connectivity index (χ2v) is 22.3. The first-order chi connectivity index (χ1) is 39.0. The predicted molar refractivity (Wildman–Crippen MR) is 344 cm³/mol. The Morgan fingerprint density at radius 2 is 0.506 bits per heavy atom. The Morgan fingerprint density at radius 1 is 0.266 bits per heavy atom. The number of esters is 3. The Labute approximate surface area is 489 Å². The molecule has 0 radical (unpaired) electrons. The average molecular weight is 1100 g/mol. The van der Waals surface area contributed by atoms with Gasteiger partial charge in [-0.2, -0.15) is 0 Å². The Kier molecular flexibility index (Phi) is 63.7. The van der Waals surface area contributed by atoms with Gasteiger partial charge in [-0.15, -0.1) is 0 Å². The monoisotopic (exact) mass is 1100 g/mol. The molecule has 0 saturated heterocycles. The number of allylic oxidation sites excluding steroid dienone is 16. The molecule has 0 N–H and O–H groups in total. The molecule has 0 aromatic heterocycles. The maximum Gasteiger partial charge on any atom is 0.306 e. The SMILES string of the molecule is CC/C=C\C/C=C\C/C=C\C/C=C\C/C=C\CCCCCCCCCCCCCC(=O)OCC(COC(=O)CCCCCCC/C=C\CCCC)OC(=O)CCCCCCCCCCCCC/C=C\C/C=C\CCCCCCC. The highest BCUT2D eigenvalue weighted by atomic mass is 16.6. The van der Waals surface area contributed by atoms with Crippen LogP contribution >= 0.6 is 0 Å². The average Bonchev–Trinajstić information content (AvgIpc) is 3.45. The maximum absolute atomic E-state index is 12.9. The zero-order chi connectivity index (χ0) is 57.1. The third kappa shape index (κ3) is 65.0. The van der Waals surface area contributed by atoms with Crippen molar-refractivity contribution in [2.24, 2.45) is 0 Å². The fourth-order valence-corrected chi connectivity index (χ4v) is 9.48. The smallest absolute Gasteiger partial charge is 0.306 e. The summed E-state index contributed by atoms with van der Waals surface area (Å²) in [6, 6.07) is 0. The summed E-state index contributed by atoms with van der Waals surface area (Å²) in [5.41, 5.74) is 0. The molecule has 6 nitrogen and oxygen atoms in total. The molecule has 454 valence electrons. The second kappa shape index (κ2) is 66.8. The van der Waals surface area contributed by atoms with Crippen molar-refractivity contribution >= 4 is 17.9 Å². The van der Waals surface area contributed by atoms with E-state index in [-0.39, 0.29) is 31.1 Å². The highest BCUT2D eigenvalue weighted by molar-refractivity contribution is 5.71. The van der Waals surface area contributed by atoms with Gasteiger partial charge < -0.3 is 14.2 Å². The predicted octanol–water partition coefficient (Wildman–Crippen LogP) is 23.2. The van der Waals surface area contributed by atoms with Crippen LogP contribution < -0.4 is 0 Å². The van der Waals surface area contributed by atoms with Crippen LogP contribution in [0, 0.1) is 0 Å². The lowest BCUT2D eigenvalue weighted by atomic mass is 10.0. The normalized spacial score (nSPS) is 12.7. The van der Waals surface area contributed by atoms with Crippen LogP contribution in [0.15, 0.2) is 97.2 Å². The molecule has 1 atom stereocenters. The molecule has 0 fully saturated rings. The minimum atomic E-state index is -0.784. The number of hydrogen-bond acceptors (Lipinski definition) is 6. The Morgan fingerprint density at radius 3 is 0.823 bits per heavy atom. The van der Waals surface area contributed by atoms with E-state index in [1.165, 1.54) is 186 Å². The van der Waals surface area contributed by atoms with Gasteiger partial charge in [-0.3, -0.25) is 14.4 Å². The van der Waals surface area contributed by atoms with Crippen molar-refractivity contribution in [3.05, 3.63) is 97.2 Å². The summed E-state index contributed by atoms with van der Waals surface area (Å²) in [5.74, 6) is -0.884.